The Labute approximate surface area is 114 Å². The van der Waals surface area contributed by atoms with Gasteiger partial charge in [-0.05, 0) is 33.6 Å². The van der Waals surface area contributed by atoms with Gasteiger partial charge in [-0.3, -0.25) is 4.68 Å². The minimum absolute atomic E-state index is 0.369. The lowest BCUT2D eigenvalue weighted by Gasteiger charge is -2.20. The first-order valence-electron chi connectivity index (χ1n) is 6.64. The van der Waals surface area contributed by atoms with Gasteiger partial charge < -0.3 is 10.1 Å². The molecule has 18 heavy (non-hydrogen) atoms. The van der Waals surface area contributed by atoms with Gasteiger partial charge in [-0.15, -0.1) is 0 Å². The quantitative estimate of drug-likeness (QED) is 0.893. The number of halogens is 1. The van der Waals surface area contributed by atoms with Gasteiger partial charge in [0.05, 0.1) is 29.1 Å². The molecule has 2 rings (SSSR count). The second-order valence-corrected chi connectivity index (χ2v) is 5.38. The zero-order valence-corrected chi connectivity index (χ0v) is 12.1. The number of nitrogens with one attached hydrogen (secondary N) is 1. The summed E-state index contributed by atoms with van der Waals surface area (Å²) >= 11 is 6.12. The third-order valence-corrected chi connectivity index (χ3v) is 4.15. The van der Waals surface area contributed by atoms with E-state index in [2.05, 4.69) is 17.3 Å². The summed E-state index contributed by atoms with van der Waals surface area (Å²) in [5, 5.41) is 8.70. The number of hydrogen-bond acceptors (Lipinski definition) is 3. The second kappa shape index (κ2) is 6.04. The molecule has 0 bridgehead atoms. The Morgan fingerprint density at radius 1 is 1.56 bits per heavy atom. The van der Waals surface area contributed by atoms with E-state index in [1.165, 1.54) is 12.8 Å². The molecule has 0 aliphatic carbocycles. The van der Waals surface area contributed by atoms with Gasteiger partial charge in [0.2, 0.25) is 0 Å². The van der Waals surface area contributed by atoms with Gasteiger partial charge in [0.15, 0.2) is 0 Å². The van der Waals surface area contributed by atoms with Crippen LogP contribution in [0.5, 0.6) is 0 Å². The van der Waals surface area contributed by atoms with Crippen LogP contribution in [0.2, 0.25) is 5.02 Å². The largest absolute Gasteiger partial charge is 0.377 e. The average molecular weight is 272 g/mol. The Kier molecular flexibility index (Phi) is 4.65. The number of aromatic nitrogens is 2. The molecule has 1 aromatic rings. The monoisotopic (exact) mass is 271 g/mol. The van der Waals surface area contributed by atoms with Gasteiger partial charge in [-0.1, -0.05) is 11.6 Å². The number of nitrogens with zero attached hydrogens (tertiary/aromatic N) is 2. The molecule has 0 aromatic carbocycles. The lowest BCUT2D eigenvalue weighted by molar-refractivity contribution is 0.0834. The fourth-order valence-electron chi connectivity index (χ4n) is 2.42. The Bertz CT molecular complexity index is 399. The fourth-order valence-corrected chi connectivity index (χ4v) is 2.55. The molecule has 1 fully saturated rings. The lowest BCUT2D eigenvalue weighted by atomic mass is 10.1. The van der Waals surface area contributed by atoms with E-state index in [0.29, 0.717) is 12.1 Å². The van der Waals surface area contributed by atoms with Crippen molar-refractivity contribution < 1.29 is 4.74 Å². The molecule has 0 amide bonds. The van der Waals surface area contributed by atoms with E-state index >= 15 is 0 Å². The minimum Gasteiger partial charge on any atom is -0.377 e. The van der Waals surface area contributed by atoms with E-state index in [1.54, 1.807) is 0 Å². The van der Waals surface area contributed by atoms with Gasteiger partial charge in [0.25, 0.3) is 0 Å². The normalized spacial score (nSPS) is 21.4. The van der Waals surface area contributed by atoms with Gasteiger partial charge in [-0.25, -0.2) is 0 Å². The van der Waals surface area contributed by atoms with Crippen molar-refractivity contribution in [1.29, 1.82) is 0 Å². The highest BCUT2D eigenvalue weighted by molar-refractivity contribution is 6.31. The highest BCUT2D eigenvalue weighted by Gasteiger charge is 2.21. The van der Waals surface area contributed by atoms with Crippen molar-refractivity contribution in [2.24, 2.45) is 0 Å². The molecular weight excluding hydrogens is 250 g/mol. The zero-order chi connectivity index (χ0) is 13.1. The van der Waals surface area contributed by atoms with Crippen molar-refractivity contribution in [3.8, 4) is 0 Å². The summed E-state index contributed by atoms with van der Waals surface area (Å²) in [6.07, 6.45) is 2.72. The molecule has 0 saturated carbocycles. The van der Waals surface area contributed by atoms with Crippen LogP contribution in [0.1, 0.15) is 31.2 Å². The molecule has 2 heterocycles. The van der Waals surface area contributed by atoms with Crippen molar-refractivity contribution >= 4 is 11.6 Å². The van der Waals surface area contributed by atoms with Crippen molar-refractivity contribution in [2.45, 2.75) is 52.3 Å². The Balaban J connectivity index is 1.79. The summed E-state index contributed by atoms with van der Waals surface area (Å²) in [7, 11) is 0. The molecule has 4 nitrogen and oxygen atoms in total. The topological polar surface area (TPSA) is 39.1 Å². The Morgan fingerprint density at radius 2 is 2.33 bits per heavy atom. The van der Waals surface area contributed by atoms with E-state index < -0.39 is 0 Å². The van der Waals surface area contributed by atoms with Crippen LogP contribution in [0.4, 0.5) is 0 Å². The Hall–Kier alpha value is -0.580. The molecule has 0 radical (unpaired) electrons. The summed E-state index contributed by atoms with van der Waals surface area (Å²) in [6, 6.07) is 0.403. The highest BCUT2D eigenvalue weighted by atomic mass is 35.5. The third kappa shape index (κ3) is 3.05. The highest BCUT2D eigenvalue weighted by Crippen LogP contribution is 2.18. The summed E-state index contributed by atoms with van der Waals surface area (Å²) in [6.45, 7) is 8.77. The third-order valence-electron chi connectivity index (χ3n) is 3.61. The molecule has 1 aliphatic heterocycles. The maximum atomic E-state index is 6.12. The predicted octanol–water partition coefficient (Wildman–Crippen LogP) is 2.31. The summed E-state index contributed by atoms with van der Waals surface area (Å²) in [5.41, 5.74) is 1.95. The minimum atomic E-state index is 0.369. The molecule has 0 spiro atoms. The second-order valence-electron chi connectivity index (χ2n) is 5.00. The molecule has 102 valence electrons. The summed E-state index contributed by atoms with van der Waals surface area (Å²) in [4.78, 5) is 0. The van der Waals surface area contributed by atoms with Crippen LogP contribution in [0.25, 0.3) is 0 Å². The van der Waals surface area contributed by atoms with E-state index in [1.807, 2.05) is 18.5 Å². The van der Waals surface area contributed by atoms with Gasteiger partial charge in [0, 0.05) is 19.2 Å². The van der Waals surface area contributed by atoms with Crippen molar-refractivity contribution in [3.05, 3.63) is 16.4 Å². The van der Waals surface area contributed by atoms with Gasteiger partial charge in [0.1, 0.15) is 0 Å². The summed E-state index contributed by atoms with van der Waals surface area (Å²) < 4.78 is 7.62. The first-order valence-corrected chi connectivity index (χ1v) is 7.02. The number of hydrogen-bond donors (Lipinski definition) is 1. The smallest absolute Gasteiger partial charge is 0.0844 e. The first-order chi connectivity index (χ1) is 8.59. The van der Waals surface area contributed by atoms with E-state index in [-0.39, 0.29) is 0 Å². The SMILES string of the molecule is Cc1nn(CCNC(C)C2CCCO2)c(C)c1Cl. The van der Waals surface area contributed by atoms with E-state index in [9.17, 15) is 0 Å². The molecule has 1 N–H and O–H groups in total. The van der Waals surface area contributed by atoms with Crippen LogP contribution >= 0.6 is 11.6 Å². The molecule has 1 aliphatic rings. The molecule has 5 heteroatoms. The van der Waals surface area contributed by atoms with Gasteiger partial charge in [-0.2, -0.15) is 5.10 Å². The molecular formula is C13H22ClN3O. The fraction of sp³-hybridized carbons (Fsp3) is 0.769. The predicted molar refractivity (Wildman–Crippen MR) is 73.1 cm³/mol. The van der Waals surface area contributed by atoms with Crippen LogP contribution in [0.3, 0.4) is 0 Å². The van der Waals surface area contributed by atoms with Crippen LogP contribution < -0.4 is 5.32 Å². The van der Waals surface area contributed by atoms with Gasteiger partial charge >= 0.3 is 0 Å². The number of rotatable bonds is 5. The standard InChI is InChI=1S/C13H22ClN3O/c1-9(12-5-4-8-18-12)15-6-7-17-11(3)13(14)10(2)16-17/h9,12,15H,4-8H2,1-3H3. The van der Waals surface area contributed by atoms with E-state index in [4.69, 9.17) is 16.3 Å². The lowest BCUT2D eigenvalue weighted by Crippen LogP contribution is -2.38. The van der Waals surface area contributed by atoms with Crippen molar-refractivity contribution in [2.75, 3.05) is 13.2 Å². The molecule has 2 atom stereocenters. The average Bonchev–Trinajstić information content (AvgIpc) is 2.95. The zero-order valence-electron chi connectivity index (χ0n) is 11.4. The van der Waals surface area contributed by atoms with Crippen LogP contribution in [-0.4, -0.2) is 35.1 Å². The van der Waals surface area contributed by atoms with Crippen LogP contribution in [0, 0.1) is 13.8 Å². The van der Waals surface area contributed by atoms with Crippen molar-refractivity contribution in [3.63, 3.8) is 0 Å². The molecule has 2 unspecified atom stereocenters. The van der Waals surface area contributed by atoms with Crippen molar-refractivity contribution in [1.82, 2.24) is 15.1 Å². The molecule has 1 saturated heterocycles. The maximum absolute atomic E-state index is 6.12. The van der Waals surface area contributed by atoms with Crippen LogP contribution in [-0.2, 0) is 11.3 Å². The maximum Gasteiger partial charge on any atom is 0.0844 e. The van der Waals surface area contributed by atoms with Crippen LogP contribution in [0.15, 0.2) is 0 Å². The van der Waals surface area contributed by atoms with E-state index in [0.717, 1.165) is 36.1 Å². The number of aryl methyl sites for hydroxylation is 1. The molecule has 1 aromatic heterocycles. The number of ether oxygens (including phenoxy) is 1. The Morgan fingerprint density at radius 3 is 2.89 bits per heavy atom. The first kappa shape index (κ1) is 13.8. The summed E-state index contributed by atoms with van der Waals surface area (Å²) in [5.74, 6) is 0.